The Bertz CT molecular complexity index is 192. The van der Waals surface area contributed by atoms with Crippen LogP contribution >= 0.6 is 0 Å². The molecule has 0 bridgehead atoms. The number of hydrogen-bond donors (Lipinski definition) is 1. The molecule has 1 atom stereocenters. The Morgan fingerprint density at radius 2 is 2.29 bits per heavy atom. The van der Waals surface area contributed by atoms with Crippen molar-refractivity contribution in [2.75, 3.05) is 20.1 Å². The molecule has 1 aliphatic heterocycles. The van der Waals surface area contributed by atoms with Crippen LogP contribution in [-0.4, -0.2) is 37.0 Å². The number of rotatable bonds is 4. The average Bonchev–Trinajstić information content (AvgIpc) is 2.46. The van der Waals surface area contributed by atoms with E-state index in [0.717, 1.165) is 6.54 Å². The minimum absolute atomic E-state index is 0.195. The number of carbonyl (C=O) groups is 1. The van der Waals surface area contributed by atoms with Crippen LogP contribution in [0.25, 0.3) is 0 Å². The van der Waals surface area contributed by atoms with Gasteiger partial charge in [0.05, 0.1) is 0 Å². The number of hydrogen-bond acceptors (Lipinski definition) is 2. The molecule has 1 amide bonds. The third-order valence-electron chi connectivity index (χ3n) is 2.80. The second-order valence-electron chi connectivity index (χ2n) is 4.68. The molecule has 1 rings (SSSR count). The zero-order valence-electron chi connectivity index (χ0n) is 9.55. The summed E-state index contributed by atoms with van der Waals surface area (Å²) in [5.41, 5.74) is 0. The summed E-state index contributed by atoms with van der Waals surface area (Å²) in [6.07, 6.45) is 3.14. The molecular weight excluding hydrogens is 176 g/mol. The molecule has 3 nitrogen and oxygen atoms in total. The predicted octanol–water partition coefficient (Wildman–Crippen LogP) is 1.24. The molecule has 0 aromatic heterocycles. The fraction of sp³-hybridized carbons (Fsp3) is 0.909. The second-order valence-corrected chi connectivity index (χ2v) is 4.68. The van der Waals surface area contributed by atoms with Gasteiger partial charge in [-0.05, 0) is 32.4 Å². The Morgan fingerprint density at radius 1 is 1.57 bits per heavy atom. The maximum Gasteiger partial charge on any atom is 0.220 e. The first-order valence-electron chi connectivity index (χ1n) is 5.56. The molecule has 14 heavy (non-hydrogen) atoms. The summed E-state index contributed by atoms with van der Waals surface area (Å²) in [6.45, 7) is 6.13. The Kier molecular flexibility index (Phi) is 4.39. The molecule has 82 valence electrons. The zero-order chi connectivity index (χ0) is 10.6. The van der Waals surface area contributed by atoms with Gasteiger partial charge < -0.3 is 10.2 Å². The normalized spacial score (nSPS) is 23.0. The smallest absolute Gasteiger partial charge is 0.220 e. The highest BCUT2D eigenvalue weighted by Gasteiger charge is 2.20. The highest BCUT2D eigenvalue weighted by atomic mass is 16.1. The largest absolute Gasteiger partial charge is 0.355 e. The first-order chi connectivity index (χ1) is 6.59. The fourth-order valence-electron chi connectivity index (χ4n) is 1.91. The van der Waals surface area contributed by atoms with Gasteiger partial charge in [-0.25, -0.2) is 0 Å². The highest BCUT2D eigenvalue weighted by molar-refractivity contribution is 5.76. The average molecular weight is 198 g/mol. The highest BCUT2D eigenvalue weighted by Crippen LogP contribution is 2.13. The molecule has 1 saturated heterocycles. The summed E-state index contributed by atoms with van der Waals surface area (Å²) in [6, 6.07) is 0.561. The lowest BCUT2D eigenvalue weighted by Crippen LogP contribution is -2.38. The molecule has 0 aromatic rings. The van der Waals surface area contributed by atoms with Crippen LogP contribution in [0.1, 0.15) is 33.1 Å². The number of nitrogens with one attached hydrogen (secondary N) is 1. The quantitative estimate of drug-likeness (QED) is 0.737. The predicted molar refractivity (Wildman–Crippen MR) is 58.1 cm³/mol. The third-order valence-corrected chi connectivity index (χ3v) is 2.80. The van der Waals surface area contributed by atoms with E-state index in [1.54, 1.807) is 0 Å². The van der Waals surface area contributed by atoms with Gasteiger partial charge in [0.25, 0.3) is 0 Å². The zero-order valence-corrected chi connectivity index (χ0v) is 9.55. The van der Waals surface area contributed by atoms with Gasteiger partial charge >= 0.3 is 0 Å². The van der Waals surface area contributed by atoms with E-state index in [-0.39, 0.29) is 5.91 Å². The fourth-order valence-corrected chi connectivity index (χ4v) is 1.91. The molecular formula is C11H22N2O. The van der Waals surface area contributed by atoms with Gasteiger partial charge in [-0.2, -0.15) is 0 Å². The van der Waals surface area contributed by atoms with E-state index in [1.807, 2.05) is 0 Å². The lowest BCUT2D eigenvalue weighted by Gasteiger charge is -2.19. The molecule has 1 fully saturated rings. The molecule has 1 heterocycles. The van der Waals surface area contributed by atoms with Gasteiger partial charge in [0.2, 0.25) is 5.91 Å². The first kappa shape index (κ1) is 11.5. The molecule has 1 aliphatic rings. The van der Waals surface area contributed by atoms with Crippen molar-refractivity contribution >= 4 is 5.91 Å². The van der Waals surface area contributed by atoms with Gasteiger partial charge in [0, 0.05) is 19.0 Å². The summed E-state index contributed by atoms with van der Waals surface area (Å²) in [7, 11) is 2.13. The van der Waals surface area contributed by atoms with Crippen LogP contribution in [0.2, 0.25) is 0 Å². The van der Waals surface area contributed by atoms with Gasteiger partial charge in [0.15, 0.2) is 0 Å². The van der Waals surface area contributed by atoms with Crippen molar-refractivity contribution in [2.24, 2.45) is 5.92 Å². The summed E-state index contributed by atoms with van der Waals surface area (Å²) >= 11 is 0. The van der Waals surface area contributed by atoms with E-state index in [1.165, 1.54) is 19.4 Å². The van der Waals surface area contributed by atoms with Crippen LogP contribution in [0, 0.1) is 5.92 Å². The molecule has 0 spiro atoms. The van der Waals surface area contributed by atoms with Gasteiger partial charge in [0.1, 0.15) is 0 Å². The Labute approximate surface area is 86.9 Å². The van der Waals surface area contributed by atoms with E-state index in [4.69, 9.17) is 0 Å². The standard InChI is InChI=1S/C11H22N2O/c1-9(2)7-11(14)12-8-10-5-4-6-13(10)3/h9-10H,4-8H2,1-3H3,(H,12,14). The van der Waals surface area contributed by atoms with Crippen molar-refractivity contribution in [3.63, 3.8) is 0 Å². The van der Waals surface area contributed by atoms with E-state index < -0.39 is 0 Å². The van der Waals surface area contributed by atoms with Crippen molar-refractivity contribution in [1.29, 1.82) is 0 Å². The lowest BCUT2D eigenvalue weighted by atomic mass is 10.1. The van der Waals surface area contributed by atoms with Crippen LogP contribution in [0.15, 0.2) is 0 Å². The van der Waals surface area contributed by atoms with E-state index in [0.29, 0.717) is 18.4 Å². The second kappa shape index (κ2) is 5.35. The molecule has 0 radical (unpaired) electrons. The monoisotopic (exact) mass is 198 g/mol. The number of likely N-dealkylation sites (tertiary alicyclic amines) is 1. The molecule has 3 heteroatoms. The number of likely N-dealkylation sites (N-methyl/N-ethyl adjacent to an activating group) is 1. The molecule has 1 N–H and O–H groups in total. The van der Waals surface area contributed by atoms with Crippen LogP contribution in [0.3, 0.4) is 0 Å². The maximum atomic E-state index is 11.4. The summed E-state index contributed by atoms with van der Waals surface area (Å²) < 4.78 is 0. The number of nitrogens with zero attached hydrogens (tertiary/aromatic N) is 1. The number of amides is 1. The maximum absolute atomic E-state index is 11.4. The Morgan fingerprint density at radius 3 is 2.79 bits per heavy atom. The Hall–Kier alpha value is -0.570. The minimum Gasteiger partial charge on any atom is -0.355 e. The van der Waals surface area contributed by atoms with Crippen LogP contribution in [0.5, 0.6) is 0 Å². The van der Waals surface area contributed by atoms with Crippen LogP contribution < -0.4 is 5.32 Å². The van der Waals surface area contributed by atoms with E-state index in [2.05, 4.69) is 31.1 Å². The topological polar surface area (TPSA) is 32.3 Å². The lowest BCUT2D eigenvalue weighted by molar-refractivity contribution is -0.121. The Balaban J connectivity index is 2.16. The molecule has 0 aromatic carbocycles. The van der Waals surface area contributed by atoms with Crippen LogP contribution in [0.4, 0.5) is 0 Å². The van der Waals surface area contributed by atoms with Gasteiger partial charge in [-0.15, -0.1) is 0 Å². The van der Waals surface area contributed by atoms with Gasteiger partial charge in [-0.3, -0.25) is 4.79 Å². The number of carbonyl (C=O) groups excluding carboxylic acids is 1. The molecule has 1 unspecified atom stereocenters. The van der Waals surface area contributed by atoms with E-state index >= 15 is 0 Å². The van der Waals surface area contributed by atoms with Gasteiger partial charge in [-0.1, -0.05) is 13.8 Å². The van der Waals surface area contributed by atoms with Crippen molar-refractivity contribution in [3.05, 3.63) is 0 Å². The summed E-state index contributed by atoms with van der Waals surface area (Å²) in [4.78, 5) is 13.7. The van der Waals surface area contributed by atoms with Crippen molar-refractivity contribution in [1.82, 2.24) is 10.2 Å². The third kappa shape index (κ3) is 3.66. The summed E-state index contributed by atoms with van der Waals surface area (Å²) in [5.74, 6) is 0.650. The van der Waals surface area contributed by atoms with Crippen molar-refractivity contribution in [3.8, 4) is 0 Å². The summed E-state index contributed by atoms with van der Waals surface area (Å²) in [5, 5.41) is 3.01. The van der Waals surface area contributed by atoms with E-state index in [9.17, 15) is 4.79 Å². The van der Waals surface area contributed by atoms with Crippen molar-refractivity contribution < 1.29 is 4.79 Å². The first-order valence-corrected chi connectivity index (χ1v) is 5.56. The molecule has 0 saturated carbocycles. The van der Waals surface area contributed by atoms with Crippen molar-refractivity contribution in [2.45, 2.75) is 39.2 Å². The molecule has 0 aliphatic carbocycles. The minimum atomic E-state index is 0.195. The van der Waals surface area contributed by atoms with Crippen LogP contribution in [-0.2, 0) is 4.79 Å². The SMILES string of the molecule is CC(C)CC(=O)NCC1CCCN1C.